The Balaban J connectivity index is 2.39. The van der Waals surface area contributed by atoms with Crippen molar-refractivity contribution in [3.8, 4) is 0 Å². The van der Waals surface area contributed by atoms with Gasteiger partial charge < -0.3 is 14.7 Å². The van der Waals surface area contributed by atoms with Gasteiger partial charge in [-0.1, -0.05) is 29.8 Å². The van der Waals surface area contributed by atoms with Crippen LogP contribution in [-0.2, 0) is 4.74 Å². The zero-order valence-corrected chi connectivity index (χ0v) is 12.9. The highest BCUT2D eigenvalue weighted by Gasteiger charge is 2.31. The monoisotopic (exact) mass is 307 g/mol. The fourth-order valence-corrected chi connectivity index (χ4v) is 3.27. The molecule has 0 radical (unpaired) electrons. The van der Waals surface area contributed by atoms with E-state index in [1.807, 2.05) is 0 Å². The van der Waals surface area contributed by atoms with E-state index in [0.717, 1.165) is 31.3 Å². The minimum atomic E-state index is -0.541. The molecule has 1 fully saturated rings. The minimum absolute atomic E-state index is 0.541. The molecule has 102 valence electrons. The van der Waals surface area contributed by atoms with Crippen molar-refractivity contribution in [2.75, 3.05) is 38.7 Å². The fraction of sp³-hybridized carbons (Fsp3) is 1.00. The van der Waals surface area contributed by atoms with Gasteiger partial charge in [0.05, 0.1) is 5.60 Å². The molecule has 1 aliphatic heterocycles. The van der Waals surface area contributed by atoms with Gasteiger partial charge in [0.2, 0.25) is 0 Å². The molecule has 1 atom stereocenters. The molecule has 0 bridgehead atoms. The van der Waals surface area contributed by atoms with Gasteiger partial charge in [-0.15, -0.1) is 0 Å². The smallest absolute Gasteiger partial charge is 0.0817 e. The van der Waals surface area contributed by atoms with E-state index in [1.165, 1.54) is 0 Å². The number of aliphatic hydroxyl groups is 1. The van der Waals surface area contributed by atoms with Gasteiger partial charge in [-0.3, -0.25) is 0 Å². The van der Waals surface area contributed by atoms with Crippen LogP contribution in [0.15, 0.2) is 0 Å². The molecule has 1 saturated heterocycles. The molecular weight excluding hydrogens is 282 g/mol. The van der Waals surface area contributed by atoms with Crippen molar-refractivity contribution in [2.45, 2.75) is 32.3 Å². The maximum atomic E-state index is 10.4. The number of hydrogen-bond acceptors (Lipinski definition) is 3. The van der Waals surface area contributed by atoms with E-state index in [9.17, 15) is 5.11 Å². The van der Waals surface area contributed by atoms with Crippen LogP contribution in [0.2, 0.25) is 0 Å². The summed E-state index contributed by atoms with van der Waals surface area (Å²) in [6.45, 7) is 7.68. The Kier molecular flexibility index (Phi) is 6.41. The van der Waals surface area contributed by atoms with Gasteiger partial charge in [-0.05, 0) is 18.9 Å². The highest BCUT2D eigenvalue weighted by molar-refractivity contribution is 9.09. The summed E-state index contributed by atoms with van der Waals surface area (Å²) < 4.78 is 5.30. The third-order valence-electron chi connectivity index (χ3n) is 3.67. The van der Waals surface area contributed by atoms with Gasteiger partial charge in [0.25, 0.3) is 0 Å². The number of likely N-dealkylation sites (N-methyl/N-ethyl adjacent to an activating group) is 1. The van der Waals surface area contributed by atoms with E-state index >= 15 is 0 Å². The van der Waals surface area contributed by atoms with Crippen LogP contribution in [0, 0.1) is 11.8 Å². The first-order valence-corrected chi connectivity index (χ1v) is 7.63. The first kappa shape index (κ1) is 15.4. The Morgan fingerprint density at radius 3 is 2.41 bits per heavy atom. The van der Waals surface area contributed by atoms with Crippen LogP contribution in [-0.4, -0.2) is 54.3 Å². The van der Waals surface area contributed by atoms with Crippen molar-refractivity contribution in [1.29, 1.82) is 0 Å². The molecule has 0 spiro atoms. The van der Waals surface area contributed by atoms with Crippen LogP contribution < -0.4 is 0 Å². The Morgan fingerprint density at radius 2 is 1.94 bits per heavy atom. The lowest BCUT2D eigenvalue weighted by atomic mass is 9.92. The van der Waals surface area contributed by atoms with Crippen LogP contribution >= 0.6 is 15.9 Å². The summed E-state index contributed by atoms with van der Waals surface area (Å²) in [6.07, 6.45) is 1.52. The maximum Gasteiger partial charge on any atom is 0.0817 e. The quantitative estimate of drug-likeness (QED) is 0.763. The van der Waals surface area contributed by atoms with Gasteiger partial charge in [0, 0.05) is 44.5 Å². The van der Waals surface area contributed by atoms with Crippen LogP contribution in [0.1, 0.15) is 26.7 Å². The van der Waals surface area contributed by atoms with E-state index in [2.05, 4.69) is 41.7 Å². The summed E-state index contributed by atoms with van der Waals surface area (Å²) in [5.74, 6) is 1.31. The molecule has 0 saturated carbocycles. The van der Waals surface area contributed by atoms with Crippen molar-refractivity contribution >= 4 is 15.9 Å². The van der Waals surface area contributed by atoms with E-state index < -0.39 is 5.60 Å². The molecule has 0 aromatic heterocycles. The van der Waals surface area contributed by atoms with E-state index in [1.54, 1.807) is 0 Å². The van der Waals surface area contributed by atoms with Crippen LogP contribution in [0.3, 0.4) is 0 Å². The molecule has 3 nitrogen and oxygen atoms in total. The zero-order valence-electron chi connectivity index (χ0n) is 11.3. The average molecular weight is 308 g/mol. The minimum Gasteiger partial charge on any atom is -0.388 e. The molecule has 1 N–H and O–H groups in total. The standard InChI is InChI=1S/C13H26BrNO2/c1-11(2)12(8-14)9-15(3)10-13(16)4-6-17-7-5-13/h11-12,16H,4-10H2,1-3H3. The molecule has 0 aromatic rings. The second kappa shape index (κ2) is 7.07. The SMILES string of the molecule is CC(C)C(CBr)CN(C)CC1(O)CCOCC1. The number of alkyl halides is 1. The largest absolute Gasteiger partial charge is 0.388 e. The van der Waals surface area contributed by atoms with Crippen LogP contribution in [0.4, 0.5) is 0 Å². The number of hydrogen-bond donors (Lipinski definition) is 1. The van der Waals surface area contributed by atoms with Gasteiger partial charge in [0.15, 0.2) is 0 Å². The van der Waals surface area contributed by atoms with Crippen molar-refractivity contribution in [1.82, 2.24) is 4.90 Å². The lowest BCUT2D eigenvalue weighted by Gasteiger charge is -2.36. The summed E-state index contributed by atoms with van der Waals surface area (Å²) in [6, 6.07) is 0. The van der Waals surface area contributed by atoms with Gasteiger partial charge >= 0.3 is 0 Å². The van der Waals surface area contributed by atoms with Crippen molar-refractivity contribution in [3.05, 3.63) is 0 Å². The fourth-order valence-electron chi connectivity index (χ4n) is 2.31. The third-order valence-corrected chi connectivity index (χ3v) is 4.51. The summed E-state index contributed by atoms with van der Waals surface area (Å²) in [5, 5.41) is 11.5. The lowest BCUT2D eigenvalue weighted by molar-refractivity contribution is -0.0782. The number of ether oxygens (including phenoxy) is 1. The van der Waals surface area contributed by atoms with Crippen molar-refractivity contribution < 1.29 is 9.84 Å². The Morgan fingerprint density at radius 1 is 1.35 bits per heavy atom. The van der Waals surface area contributed by atoms with Crippen LogP contribution in [0.25, 0.3) is 0 Å². The molecular formula is C13H26BrNO2. The normalized spacial score (nSPS) is 22.1. The zero-order chi connectivity index (χ0) is 12.9. The highest BCUT2D eigenvalue weighted by Crippen LogP contribution is 2.22. The highest BCUT2D eigenvalue weighted by atomic mass is 79.9. The van der Waals surface area contributed by atoms with Gasteiger partial charge in [0.1, 0.15) is 0 Å². The molecule has 0 aromatic carbocycles. The molecule has 1 unspecified atom stereocenters. The molecule has 1 aliphatic rings. The summed E-state index contributed by atoms with van der Waals surface area (Å²) >= 11 is 3.57. The number of nitrogens with zero attached hydrogens (tertiary/aromatic N) is 1. The molecule has 0 aliphatic carbocycles. The second-order valence-electron chi connectivity index (χ2n) is 5.69. The van der Waals surface area contributed by atoms with E-state index in [4.69, 9.17) is 4.74 Å². The second-order valence-corrected chi connectivity index (χ2v) is 6.34. The Hall–Kier alpha value is 0.360. The molecule has 4 heteroatoms. The third kappa shape index (κ3) is 5.25. The molecule has 0 amide bonds. The average Bonchev–Trinajstić information content (AvgIpc) is 2.25. The summed E-state index contributed by atoms with van der Waals surface area (Å²) in [5.41, 5.74) is -0.541. The molecule has 1 heterocycles. The maximum absolute atomic E-state index is 10.4. The Bertz CT molecular complexity index is 217. The van der Waals surface area contributed by atoms with Crippen LogP contribution in [0.5, 0.6) is 0 Å². The predicted molar refractivity (Wildman–Crippen MR) is 74.6 cm³/mol. The number of halogens is 1. The molecule has 17 heavy (non-hydrogen) atoms. The first-order chi connectivity index (χ1) is 7.97. The summed E-state index contributed by atoms with van der Waals surface area (Å²) in [7, 11) is 2.10. The van der Waals surface area contributed by atoms with Crippen molar-refractivity contribution in [2.24, 2.45) is 11.8 Å². The topological polar surface area (TPSA) is 32.7 Å². The van der Waals surface area contributed by atoms with E-state index in [0.29, 0.717) is 25.0 Å². The molecule has 1 rings (SSSR count). The predicted octanol–water partition coefficient (Wildman–Crippen LogP) is 2.13. The van der Waals surface area contributed by atoms with E-state index in [-0.39, 0.29) is 0 Å². The Labute approximate surface area is 114 Å². The number of rotatable bonds is 6. The summed E-state index contributed by atoms with van der Waals surface area (Å²) in [4.78, 5) is 2.26. The van der Waals surface area contributed by atoms with Gasteiger partial charge in [-0.2, -0.15) is 0 Å². The lowest BCUT2D eigenvalue weighted by Crippen LogP contribution is -2.47. The first-order valence-electron chi connectivity index (χ1n) is 6.51. The van der Waals surface area contributed by atoms with Crippen molar-refractivity contribution in [3.63, 3.8) is 0 Å². The van der Waals surface area contributed by atoms with Gasteiger partial charge in [-0.25, -0.2) is 0 Å².